The summed E-state index contributed by atoms with van der Waals surface area (Å²) in [7, 11) is 0. The van der Waals surface area contributed by atoms with E-state index in [4.69, 9.17) is 20.6 Å². The lowest BCUT2D eigenvalue weighted by atomic mass is 9.94. The molecule has 0 radical (unpaired) electrons. The number of amides is 2. The van der Waals surface area contributed by atoms with E-state index in [-0.39, 0.29) is 55.6 Å². The number of Topliss-reactive ketones (excluding diaryl/α,β-unsaturated/α-hetero) is 2. The molecular formula is C63H52N2O10. The predicted molar refractivity (Wildman–Crippen MR) is 287 cm³/mol. The molecule has 1 fully saturated rings. The van der Waals surface area contributed by atoms with Crippen molar-refractivity contribution in [2.45, 2.75) is 63.9 Å². The van der Waals surface area contributed by atoms with E-state index in [9.17, 15) is 34.5 Å². The minimum absolute atomic E-state index is 0.0275. The monoisotopic (exact) mass is 996 g/mol. The third-order valence-electron chi connectivity index (χ3n) is 14.8. The van der Waals surface area contributed by atoms with Gasteiger partial charge in [-0.05, 0) is 87.8 Å². The number of aliphatic hydroxyl groups excluding tert-OH is 3. The van der Waals surface area contributed by atoms with Crippen molar-refractivity contribution in [1.82, 2.24) is 9.80 Å². The lowest BCUT2D eigenvalue weighted by Crippen LogP contribution is -2.61. The van der Waals surface area contributed by atoms with E-state index in [1.165, 1.54) is 4.90 Å². The fourth-order valence-corrected chi connectivity index (χ4v) is 11.3. The predicted octanol–water partition coefficient (Wildman–Crippen LogP) is 7.53. The summed E-state index contributed by atoms with van der Waals surface area (Å²) < 4.78 is 18.7. The van der Waals surface area contributed by atoms with Crippen molar-refractivity contribution in [1.29, 1.82) is 0 Å². The zero-order valence-electron chi connectivity index (χ0n) is 41.5. The first-order chi connectivity index (χ1) is 36.5. The Labute approximate surface area is 433 Å². The van der Waals surface area contributed by atoms with Gasteiger partial charge in [-0.25, -0.2) is 0 Å². The zero-order chi connectivity index (χ0) is 52.2. The highest BCUT2D eigenvalue weighted by atomic mass is 16.7. The lowest BCUT2D eigenvalue weighted by molar-refractivity contribution is -0.297. The van der Waals surface area contributed by atoms with Gasteiger partial charge in [-0.2, -0.15) is 0 Å². The van der Waals surface area contributed by atoms with Crippen LogP contribution in [0.25, 0.3) is 55.0 Å². The average Bonchev–Trinajstić information content (AvgIpc) is 4.17. The fraction of sp³-hybridized carbons (Fsp3) is 0.238. The van der Waals surface area contributed by atoms with Crippen molar-refractivity contribution in [3.8, 4) is 29.9 Å². The van der Waals surface area contributed by atoms with Gasteiger partial charge in [0.2, 0.25) is 0 Å². The number of aliphatic hydroxyl groups is 3. The van der Waals surface area contributed by atoms with Gasteiger partial charge in [0.1, 0.15) is 24.1 Å². The van der Waals surface area contributed by atoms with E-state index in [1.807, 2.05) is 129 Å². The number of fused-ring (bicyclic) bond motifs is 6. The molecule has 1 saturated heterocycles. The van der Waals surface area contributed by atoms with E-state index in [0.717, 1.165) is 27.3 Å². The van der Waals surface area contributed by atoms with Gasteiger partial charge in [0.15, 0.2) is 24.0 Å². The fourth-order valence-electron chi connectivity index (χ4n) is 11.3. The number of benzene rings is 6. The number of terminal acetylenes is 1. The van der Waals surface area contributed by atoms with Crippen LogP contribution in [0.15, 0.2) is 139 Å². The first-order valence-electron chi connectivity index (χ1n) is 25.1. The molecule has 1 heterocycles. The van der Waals surface area contributed by atoms with Crippen molar-refractivity contribution in [2.24, 2.45) is 0 Å². The summed E-state index contributed by atoms with van der Waals surface area (Å²) in [6.45, 7) is 4.76. The minimum Gasteiger partial charge on any atom is -0.485 e. The minimum atomic E-state index is -1.63. The van der Waals surface area contributed by atoms with Gasteiger partial charge >= 0.3 is 0 Å². The Morgan fingerprint density at radius 1 is 0.680 bits per heavy atom. The van der Waals surface area contributed by atoms with Crippen LogP contribution in [0.4, 0.5) is 0 Å². The van der Waals surface area contributed by atoms with Crippen molar-refractivity contribution in [2.75, 3.05) is 32.8 Å². The maximum atomic E-state index is 15.0. The molecule has 3 N–H and O–H groups in total. The smallest absolute Gasteiger partial charge is 0.259 e. The number of rotatable bonds is 15. The number of ether oxygens (including phenoxy) is 3. The maximum absolute atomic E-state index is 15.0. The summed E-state index contributed by atoms with van der Waals surface area (Å²) in [5.74, 6) is 6.91. The molecule has 4 aliphatic carbocycles. The van der Waals surface area contributed by atoms with Crippen molar-refractivity contribution in [3.63, 3.8) is 0 Å². The summed E-state index contributed by atoms with van der Waals surface area (Å²) in [5, 5.41) is 37.6. The maximum Gasteiger partial charge on any atom is 0.259 e. The van der Waals surface area contributed by atoms with Gasteiger partial charge in [0, 0.05) is 59.0 Å². The number of allylic oxidation sites excluding steroid dienone is 6. The Morgan fingerprint density at radius 3 is 1.81 bits per heavy atom. The second kappa shape index (κ2) is 19.9. The van der Waals surface area contributed by atoms with Crippen LogP contribution in [0.2, 0.25) is 0 Å². The highest BCUT2D eigenvalue weighted by Gasteiger charge is 2.49. The molecule has 5 atom stereocenters. The summed E-state index contributed by atoms with van der Waals surface area (Å²) in [5.41, 5.74) is 7.56. The second-order valence-corrected chi connectivity index (χ2v) is 19.3. The molecule has 11 rings (SSSR count). The van der Waals surface area contributed by atoms with E-state index < -0.39 is 60.7 Å². The third kappa shape index (κ3) is 8.10. The van der Waals surface area contributed by atoms with Crippen LogP contribution >= 0.6 is 0 Å². The van der Waals surface area contributed by atoms with Crippen LogP contribution in [-0.2, 0) is 28.7 Å². The Hall–Kier alpha value is -8.20. The second-order valence-electron chi connectivity index (χ2n) is 19.3. The van der Waals surface area contributed by atoms with E-state index in [0.29, 0.717) is 61.1 Å². The topological polar surface area (TPSA) is 163 Å². The van der Waals surface area contributed by atoms with Crippen LogP contribution in [0.5, 0.6) is 5.75 Å². The number of carbonyl (C=O) groups is 4. The van der Waals surface area contributed by atoms with Crippen molar-refractivity contribution < 1.29 is 48.7 Å². The van der Waals surface area contributed by atoms with Gasteiger partial charge in [0.25, 0.3) is 11.8 Å². The number of carbonyl (C=O) groups excluding carboxylic acids is 4. The molecule has 0 saturated carbocycles. The SMILES string of the molecule is C#CCCN(CCOC1OC(CO)C(O)C(Oc2cc3c4c(cccc4c2)C2=C(C(=O)N(CC#CC)C(C)C)C(=O)C(c4ccccc4)=C23)C1O)C(=O)C1=C2C(=C(c3ccccc3)C1=O)c1cccc3cccc2c13. The molecular weight excluding hydrogens is 945 g/mol. The average molecular weight is 997 g/mol. The van der Waals surface area contributed by atoms with Crippen molar-refractivity contribution in [3.05, 3.63) is 172 Å². The summed E-state index contributed by atoms with van der Waals surface area (Å²) in [6, 6.07) is 39.1. The van der Waals surface area contributed by atoms with Crippen molar-refractivity contribution >= 4 is 78.4 Å². The molecule has 6 aromatic carbocycles. The highest BCUT2D eigenvalue weighted by Crippen LogP contribution is 2.57. The van der Waals surface area contributed by atoms with Crippen LogP contribution in [0, 0.1) is 24.2 Å². The summed E-state index contributed by atoms with van der Waals surface area (Å²) in [4.78, 5) is 62.1. The first kappa shape index (κ1) is 49.0. The van der Waals surface area contributed by atoms with Crippen LogP contribution in [0.3, 0.4) is 0 Å². The summed E-state index contributed by atoms with van der Waals surface area (Å²) >= 11 is 0. The molecule has 0 bridgehead atoms. The van der Waals surface area contributed by atoms with Gasteiger partial charge in [-0.15, -0.1) is 18.3 Å². The molecule has 12 nitrogen and oxygen atoms in total. The van der Waals surface area contributed by atoms with Crippen LogP contribution < -0.4 is 4.74 Å². The molecule has 75 heavy (non-hydrogen) atoms. The molecule has 374 valence electrons. The Bertz CT molecular complexity index is 3640. The number of nitrogens with zero attached hydrogens (tertiary/aromatic N) is 2. The standard InChI is InChI=1S/C63H52N2O10/c1-5-7-28-64(61(71)54-51-42-26-16-23-36-22-15-25-41(46(36)42)50(51)48(57(54)68)37-18-11-9-12-19-37)30-31-73-63-59(70)60(56(67)45(34-66)75-63)74-40-32-39-24-17-27-43-47(39)44(33-40)53-49(38-20-13-10-14-21-38)58(69)55(52(43)53)62(72)65(35(3)4)29-8-6-2/h1,9-27,32-33,35,45,56,59-60,63,66-67,70H,7,28-31,34H2,2-4H3. The van der Waals surface area contributed by atoms with E-state index in [2.05, 4.69) is 17.8 Å². The Kier molecular flexibility index (Phi) is 13.0. The molecule has 5 aliphatic rings. The zero-order valence-corrected chi connectivity index (χ0v) is 41.5. The molecule has 6 aromatic rings. The third-order valence-corrected chi connectivity index (χ3v) is 14.8. The highest BCUT2D eigenvalue weighted by molar-refractivity contribution is 6.57. The molecule has 1 aliphatic heterocycles. The van der Waals surface area contributed by atoms with E-state index in [1.54, 1.807) is 24.0 Å². The molecule has 2 amide bonds. The number of hydrogen-bond donors (Lipinski definition) is 3. The first-order valence-corrected chi connectivity index (χ1v) is 25.1. The molecule has 12 heteroatoms. The van der Waals surface area contributed by atoms with Crippen LogP contribution in [-0.4, -0.2) is 118 Å². The molecule has 0 spiro atoms. The van der Waals surface area contributed by atoms with Gasteiger partial charge in [-0.1, -0.05) is 121 Å². The largest absolute Gasteiger partial charge is 0.485 e. The Morgan fingerprint density at radius 2 is 1.24 bits per heavy atom. The number of hydrogen-bond acceptors (Lipinski definition) is 10. The van der Waals surface area contributed by atoms with Gasteiger partial charge < -0.3 is 39.3 Å². The normalized spacial score (nSPS) is 20.3. The molecule has 5 unspecified atom stereocenters. The van der Waals surface area contributed by atoms with Crippen LogP contribution in [0.1, 0.15) is 60.6 Å². The quantitative estimate of drug-likeness (QED) is 0.0693. The lowest BCUT2D eigenvalue weighted by Gasteiger charge is -2.42. The van der Waals surface area contributed by atoms with E-state index >= 15 is 0 Å². The Balaban J connectivity index is 0.888. The summed E-state index contributed by atoms with van der Waals surface area (Å²) in [6.07, 6.45) is -1.39. The van der Waals surface area contributed by atoms with Gasteiger partial charge in [-0.3, -0.25) is 19.2 Å². The van der Waals surface area contributed by atoms with Gasteiger partial charge in [0.05, 0.1) is 30.9 Å². The number of ketones is 2. The molecule has 0 aromatic heterocycles.